The monoisotopic (exact) mass is 750 g/mol. The summed E-state index contributed by atoms with van der Waals surface area (Å²) < 4.78 is 0. The molecule has 0 fully saturated rings. The second-order valence-corrected chi connectivity index (χ2v) is 16.2. The molecule has 0 saturated carbocycles. The minimum absolute atomic E-state index is 0.220. The Morgan fingerprint density at radius 1 is 0.271 bits per heavy atom. The van der Waals surface area contributed by atoms with Crippen LogP contribution in [0, 0.1) is 0 Å². The van der Waals surface area contributed by atoms with Gasteiger partial charge in [-0.15, -0.1) is 0 Å². The van der Waals surface area contributed by atoms with Crippen molar-refractivity contribution >= 4 is 64.6 Å². The maximum absolute atomic E-state index is 10.7. The molecule has 1 aliphatic carbocycles. The number of hydrogen-bond acceptors (Lipinski definition) is 2. The lowest BCUT2D eigenvalue weighted by atomic mass is 9.67. The van der Waals surface area contributed by atoms with Crippen LogP contribution >= 0.6 is 0 Å². The highest BCUT2D eigenvalue weighted by molar-refractivity contribution is 6.27. The molecule has 12 aromatic carbocycles. The third-order valence-electron chi connectivity index (χ3n) is 13.4. The highest BCUT2D eigenvalue weighted by Crippen LogP contribution is 2.61. The number of phenolic OH excluding ortho intramolecular Hbond substituents is 2. The summed E-state index contributed by atoms with van der Waals surface area (Å²) in [6.07, 6.45) is 0. The van der Waals surface area contributed by atoms with E-state index in [2.05, 4.69) is 170 Å². The standard InChI is InChI=1S/C57H34O2/c58-41-25-21-39(22-26-41)57(40-23-27-42(59)28-24-40)49-11-3-9-45(43-29-17-37-15-13-33-5-1-7-35-19-31-47(43)53(37)51(33)35)55(49)56-46(10-4-12-50(56)57)44-30-18-38-16-14-34-6-2-8-36-20-32-48(44)54(38)52(34)36/h1-32,58-59H. The normalized spacial score (nSPS) is 13.4. The molecule has 59 heavy (non-hydrogen) atoms. The van der Waals surface area contributed by atoms with Gasteiger partial charge in [-0.05, 0) is 145 Å². The summed E-state index contributed by atoms with van der Waals surface area (Å²) in [5.41, 5.74) is 10.8. The van der Waals surface area contributed by atoms with Gasteiger partial charge < -0.3 is 10.2 Å². The first-order valence-electron chi connectivity index (χ1n) is 20.3. The average molecular weight is 751 g/mol. The fourth-order valence-corrected chi connectivity index (χ4v) is 11.0. The Balaban J connectivity index is 1.20. The van der Waals surface area contributed by atoms with Gasteiger partial charge in [0.05, 0.1) is 5.41 Å². The number of aromatic hydroxyl groups is 2. The first-order chi connectivity index (χ1) is 29.1. The van der Waals surface area contributed by atoms with E-state index in [0.717, 1.165) is 22.3 Å². The SMILES string of the molecule is Oc1ccc(C2(c3ccc(O)cc3)c3cccc(-c4ccc5ccc6cccc7ccc4c5c67)c3-c3c(-c4ccc5ccc6cccc7ccc4c5c67)cccc32)cc1. The van der Waals surface area contributed by atoms with Gasteiger partial charge in [-0.2, -0.15) is 0 Å². The molecule has 0 atom stereocenters. The molecule has 0 aliphatic heterocycles. The molecule has 0 amide bonds. The highest BCUT2D eigenvalue weighted by atomic mass is 16.3. The predicted molar refractivity (Wildman–Crippen MR) is 245 cm³/mol. The van der Waals surface area contributed by atoms with E-state index >= 15 is 0 Å². The van der Waals surface area contributed by atoms with Crippen LogP contribution in [-0.4, -0.2) is 10.2 Å². The van der Waals surface area contributed by atoms with Crippen LogP contribution in [0.3, 0.4) is 0 Å². The van der Waals surface area contributed by atoms with Crippen LogP contribution in [0.4, 0.5) is 0 Å². The molecule has 13 rings (SSSR count). The van der Waals surface area contributed by atoms with E-state index in [1.165, 1.54) is 98.0 Å². The highest BCUT2D eigenvalue weighted by Gasteiger charge is 2.48. The quantitative estimate of drug-likeness (QED) is 0.176. The third-order valence-corrected chi connectivity index (χ3v) is 13.4. The molecule has 2 N–H and O–H groups in total. The summed E-state index contributed by atoms with van der Waals surface area (Å²) in [4.78, 5) is 0. The molecule has 12 aromatic rings. The van der Waals surface area contributed by atoms with Crippen LogP contribution in [0.1, 0.15) is 22.3 Å². The van der Waals surface area contributed by atoms with Crippen molar-refractivity contribution in [1.82, 2.24) is 0 Å². The summed E-state index contributed by atoms with van der Waals surface area (Å²) in [6, 6.07) is 69.6. The summed E-state index contributed by atoms with van der Waals surface area (Å²) >= 11 is 0. The lowest BCUT2D eigenvalue weighted by Crippen LogP contribution is -2.28. The van der Waals surface area contributed by atoms with Crippen LogP contribution in [0.5, 0.6) is 11.5 Å². The third kappa shape index (κ3) is 4.25. The average Bonchev–Trinajstić information content (AvgIpc) is 3.59. The molecular weight excluding hydrogens is 717 g/mol. The topological polar surface area (TPSA) is 40.5 Å². The van der Waals surface area contributed by atoms with Gasteiger partial charge in [0.2, 0.25) is 0 Å². The molecule has 274 valence electrons. The second kappa shape index (κ2) is 11.7. The largest absolute Gasteiger partial charge is 0.508 e. The summed E-state index contributed by atoms with van der Waals surface area (Å²) in [7, 11) is 0. The summed E-state index contributed by atoms with van der Waals surface area (Å²) in [5, 5.41) is 36.4. The van der Waals surface area contributed by atoms with E-state index in [1.807, 2.05) is 0 Å². The smallest absolute Gasteiger partial charge is 0.115 e. The minimum atomic E-state index is -0.772. The summed E-state index contributed by atoms with van der Waals surface area (Å²) in [5.74, 6) is 0.440. The Morgan fingerprint density at radius 2 is 0.610 bits per heavy atom. The van der Waals surface area contributed by atoms with Gasteiger partial charge in [0.1, 0.15) is 11.5 Å². The van der Waals surface area contributed by atoms with Crippen LogP contribution < -0.4 is 0 Å². The molecular formula is C57H34O2. The molecule has 0 saturated heterocycles. The van der Waals surface area contributed by atoms with E-state index < -0.39 is 5.41 Å². The van der Waals surface area contributed by atoms with Gasteiger partial charge in [-0.1, -0.05) is 170 Å². The van der Waals surface area contributed by atoms with Crippen molar-refractivity contribution in [3.8, 4) is 44.9 Å². The lowest BCUT2D eigenvalue weighted by Gasteiger charge is -2.34. The van der Waals surface area contributed by atoms with Crippen LogP contribution in [0.25, 0.3) is 98.0 Å². The van der Waals surface area contributed by atoms with Crippen LogP contribution in [-0.2, 0) is 5.41 Å². The molecule has 0 heterocycles. The van der Waals surface area contributed by atoms with Gasteiger partial charge in [0.15, 0.2) is 0 Å². The van der Waals surface area contributed by atoms with Crippen molar-refractivity contribution in [3.63, 3.8) is 0 Å². The Kier molecular flexibility index (Phi) is 6.42. The molecule has 0 unspecified atom stereocenters. The van der Waals surface area contributed by atoms with Crippen LogP contribution in [0.2, 0.25) is 0 Å². The molecule has 0 aromatic heterocycles. The molecule has 0 bridgehead atoms. The van der Waals surface area contributed by atoms with E-state index in [9.17, 15) is 10.2 Å². The Morgan fingerprint density at radius 3 is 1.02 bits per heavy atom. The molecule has 2 heteroatoms. The first kappa shape index (κ1) is 32.4. The fraction of sp³-hybridized carbons (Fsp3) is 0.0175. The predicted octanol–water partition coefficient (Wildman–Crippen LogP) is 14.6. The summed E-state index contributed by atoms with van der Waals surface area (Å²) in [6.45, 7) is 0. The van der Waals surface area contributed by atoms with Gasteiger partial charge in [-0.3, -0.25) is 0 Å². The Hall–Kier alpha value is -7.68. The first-order valence-corrected chi connectivity index (χ1v) is 20.3. The van der Waals surface area contributed by atoms with E-state index in [1.54, 1.807) is 24.3 Å². The van der Waals surface area contributed by atoms with Crippen molar-refractivity contribution in [2.75, 3.05) is 0 Å². The maximum atomic E-state index is 10.7. The van der Waals surface area contributed by atoms with Gasteiger partial charge in [0.25, 0.3) is 0 Å². The zero-order chi connectivity index (χ0) is 39.0. The molecule has 1 aliphatic rings. The Labute approximate surface area is 340 Å². The van der Waals surface area contributed by atoms with Crippen molar-refractivity contribution < 1.29 is 10.2 Å². The van der Waals surface area contributed by atoms with Crippen molar-refractivity contribution in [3.05, 3.63) is 216 Å². The maximum Gasteiger partial charge on any atom is 0.115 e. The van der Waals surface area contributed by atoms with E-state index in [-0.39, 0.29) is 11.5 Å². The fourth-order valence-electron chi connectivity index (χ4n) is 11.0. The zero-order valence-electron chi connectivity index (χ0n) is 31.9. The van der Waals surface area contributed by atoms with Gasteiger partial charge in [0, 0.05) is 0 Å². The Bertz CT molecular complexity index is 3390. The number of fused-ring (bicyclic) bond motifs is 3. The zero-order valence-corrected chi connectivity index (χ0v) is 31.9. The second-order valence-electron chi connectivity index (χ2n) is 16.2. The van der Waals surface area contributed by atoms with Crippen molar-refractivity contribution in [1.29, 1.82) is 0 Å². The molecule has 0 radical (unpaired) electrons. The lowest BCUT2D eigenvalue weighted by molar-refractivity contribution is 0.475. The molecule has 2 nitrogen and oxygen atoms in total. The van der Waals surface area contributed by atoms with Crippen LogP contribution in [0.15, 0.2) is 194 Å². The van der Waals surface area contributed by atoms with E-state index in [0.29, 0.717) is 0 Å². The number of rotatable bonds is 4. The van der Waals surface area contributed by atoms with Gasteiger partial charge >= 0.3 is 0 Å². The number of hydrogen-bond donors (Lipinski definition) is 2. The van der Waals surface area contributed by atoms with Crippen molar-refractivity contribution in [2.45, 2.75) is 5.41 Å². The number of phenols is 2. The molecule has 0 spiro atoms. The number of benzene rings is 12. The minimum Gasteiger partial charge on any atom is -0.508 e. The van der Waals surface area contributed by atoms with E-state index in [4.69, 9.17) is 0 Å². The van der Waals surface area contributed by atoms with Crippen molar-refractivity contribution in [2.24, 2.45) is 0 Å². The van der Waals surface area contributed by atoms with Gasteiger partial charge in [-0.25, -0.2) is 0 Å².